The molecule has 1 atom stereocenters. The second-order valence-corrected chi connectivity index (χ2v) is 6.28. The lowest BCUT2D eigenvalue weighted by atomic mass is 10.0. The summed E-state index contributed by atoms with van der Waals surface area (Å²) in [5.41, 5.74) is 0. The molecule has 0 heterocycles. The van der Waals surface area contributed by atoms with Crippen LogP contribution in [0, 0.1) is 5.92 Å². The third kappa shape index (κ3) is 8.97. The van der Waals surface area contributed by atoms with E-state index in [0.29, 0.717) is 0 Å². The van der Waals surface area contributed by atoms with Crippen LogP contribution in [0.3, 0.4) is 0 Å². The van der Waals surface area contributed by atoms with E-state index in [4.69, 9.17) is 0 Å². The highest BCUT2D eigenvalue weighted by atomic mass is 14.9. The van der Waals surface area contributed by atoms with E-state index in [-0.39, 0.29) is 0 Å². The van der Waals surface area contributed by atoms with Gasteiger partial charge in [-0.25, -0.2) is 0 Å². The van der Waals surface area contributed by atoms with Crippen molar-refractivity contribution < 1.29 is 0 Å². The van der Waals surface area contributed by atoms with Gasteiger partial charge < -0.3 is 5.32 Å². The van der Waals surface area contributed by atoms with E-state index in [2.05, 4.69) is 19.3 Å². The van der Waals surface area contributed by atoms with Crippen LogP contribution in [-0.4, -0.2) is 13.1 Å². The van der Waals surface area contributed by atoms with Crippen molar-refractivity contribution in [2.45, 2.75) is 96.4 Å². The average Bonchev–Trinajstić information content (AvgIpc) is 3.19. The molecule has 0 aromatic carbocycles. The van der Waals surface area contributed by atoms with Crippen molar-refractivity contribution in [2.75, 3.05) is 7.05 Å². The van der Waals surface area contributed by atoms with E-state index >= 15 is 0 Å². The van der Waals surface area contributed by atoms with Crippen LogP contribution < -0.4 is 5.32 Å². The fraction of sp³-hybridized carbons (Fsp3) is 1.00. The normalized spacial score (nSPS) is 17.0. The molecule has 1 aliphatic rings. The number of nitrogens with one attached hydrogen (secondary N) is 1. The molecule has 0 spiro atoms. The van der Waals surface area contributed by atoms with Crippen molar-refractivity contribution in [2.24, 2.45) is 5.92 Å². The maximum absolute atomic E-state index is 3.50. The molecule has 0 bridgehead atoms. The van der Waals surface area contributed by atoms with Gasteiger partial charge in [0, 0.05) is 6.04 Å². The summed E-state index contributed by atoms with van der Waals surface area (Å²) in [5, 5.41) is 3.50. The molecule has 0 aromatic rings. The van der Waals surface area contributed by atoms with E-state index in [1.54, 1.807) is 0 Å². The maximum atomic E-state index is 3.50. The van der Waals surface area contributed by atoms with E-state index < -0.39 is 0 Å². The summed E-state index contributed by atoms with van der Waals surface area (Å²) in [4.78, 5) is 0. The second kappa shape index (κ2) is 10.8. The Bertz CT molecular complexity index is 174. The summed E-state index contributed by atoms with van der Waals surface area (Å²) in [6.45, 7) is 2.29. The maximum Gasteiger partial charge on any atom is 0.00667 e. The van der Waals surface area contributed by atoms with Gasteiger partial charge in [0.15, 0.2) is 0 Å². The Morgan fingerprint density at radius 3 is 1.94 bits per heavy atom. The predicted octanol–water partition coefficient (Wildman–Crippen LogP) is 5.30. The summed E-state index contributed by atoms with van der Waals surface area (Å²) in [6, 6.07) is 0.807. The van der Waals surface area contributed by atoms with Gasteiger partial charge in [-0.1, -0.05) is 77.6 Å². The Balaban J connectivity index is 1.79. The zero-order valence-corrected chi connectivity index (χ0v) is 12.8. The minimum atomic E-state index is 0.807. The minimum absolute atomic E-state index is 0.807. The first kappa shape index (κ1) is 16.0. The molecule has 1 saturated carbocycles. The summed E-state index contributed by atoms with van der Waals surface area (Å²) >= 11 is 0. The molecule has 1 aliphatic carbocycles. The van der Waals surface area contributed by atoms with Crippen LogP contribution in [0.25, 0.3) is 0 Å². The molecular weight excluding hydrogens is 218 g/mol. The number of hydrogen-bond acceptors (Lipinski definition) is 1. The van der Waals surface area contributed by atoms with Gasteiger partial charge in [0.1, 0.15) is 0 Å². The fourth-order valence-electron chi connectivity index (χ4n) is 2.84. The van der Waals surface area contributed by atoms with Gasteiger partial charge in [0.25, 0.3) is 0 Å². The quantitative estimate of drug-likeness (QED) is 0.439. The Labute approximate surface area is 115 Å². The van der Waals surface area contributed by atoms with Gasteiger partial charge in [0.05, 0.1) is 0 Å². The lowest BCUT2D eigenvalue weighted by Crippen LogP contribution is -2.25. The third-order valence-corrected chi connectivity index (χ3v) is 4.38. The zero-order chi connectivity index (χ0) is 13.1. The Kier molecular flexibility index (Phi) is 9.65. The standard InChI is InChI=1S/C17H35N/c1-3-4-5-6-7-8-9-10-11-12-17(18-2)15-16-13-14-16/h16-18H,3-15H2,1-2H3. The molecule has 1 unspecified atom stereocenters. The van der Waals surface area contributed by atoms with Crippen molar-refractivity contribution >= 4 is 0 Å². The van der Waals surface area contributed by atoms with E-state index in [9.17, 15) is 0 Å². The van der Waals surface area contributed by atoms with Crippen LogP contribution in [0.2, 0.25) is 0 Å². The van der Waals surface area contributed by atoms with Crippen molar-refractivity contribution in [3.05, 3.63) is 0 Å². The lowest BCUT2D eigenvalue weighted by Gasteiger charge is -2.15. The Hall–Kier alpha value is -0.0400. The van der Waals surface area contributed by atoms with Gasteiger partial charge in [-0.3, -0.25) is 0 Å². The molecule has 108 valence electrons. The first-order valence-corrected chi connectivity index (χ1v) is 8.54. The molecule has 0 aliphatic heterocycles. The molecule has 18 heavy (non-hydrogen) atoms. The number of unbranched alkanes of at least 4 members (excludes halogenated alkanes) is 8. The molecule has 1 rings (SSSR count). The molecule has 0 aromatic heterocycles. The van der Waals surface area contributed by atoms with E-state index in [0.717, 1.165) is 12.0 Å². The first-order valence-electron chi connectivity index (χ1n) is 8.54. The zero-order valence-electron chi connectivity index (χ0n) is 12.8. The van der Waals surface area contributed by atoms with Crippen LogP contribution >= 0.6 is 0 Å². The van der Waals surface area contributed by atoms with Crippen LogP contribution in [0.4, 0.5) is 0 Å². The van der Waals surface area contributed by atoms with Gasteiger partial charge >= 0.3 is 0 Å². The minimum Gasteiger partial charge on any atom is -0.317 e. The van der Waals surface area contributed by atoms with Crippen molar-refractivity contribution in [1.82, 2.24) is 5.32 Å². The molecular formula is C17H35N. The van der Waals surface area contributed by atoms with Crippen LogP contribution in [0.1, 0.15) is 90.4 Å². The Morgan fingerprint density at radius 1 is 0.889 bits per heavy atom. The van der Waals surface area contributed by atoms with Crippen LogP contribution in [0.15, 0.2) is 0 Å². The number of rotatable bonds is 13. The summed E-state index contributed by atoms with van der Waals surface area (Å²) in [7, 11) is 2.14. The molecule has 0 amide bonds. The molecule has 0 radical (unpaired) electrons. The van der Waals surface area contributed by atoms with E-state index in [1.807, 2.05) is 0 Å². The smallest absolute Gasteiger partial charge is 0.00667 e. The van der Waals surface area contributed by atoms with E-state index in [1.165, 1.54) is 83.5 Å². The Morgan fingerprint density at radius 2 is 1.44 bits per heavy atom. The summed E-state index contributed by atoms with van der Waals surface area (Å²) in [6.07, 6.45) is 18.9. The monoisotopic (exact) mass is 253 g/mol. The predicted molar refractivity (Wildman–Crippen MR) is 82.0 cm³/mol. The van der Waals surface area contributed by atoms with Gasteiger partial charge in [-0.05, 0) is 25.8 Å². The fourth-order valence-corrected chi connectivity index (χ4v) is 2.84. The van der Waals surface area contributed by atoms with Crippen LogP contribution in [0.5, 0.6) is 0 Å². The van der Waals surface area contributed by atoms with Gasteiger partial charge in [-0.2, -0.15) is 0 Å². The molecule has 1 fully saturated rings. The third-order valence-electron chi connectivity index (χ3n) is 4.38. The lowest BCUT2D eigenvalue weighted by molar-refractivity contribution is 0.438. The van der Waals surface area contributed by atoms with Crippen molar-refractivity contribution in [1.29, 1.82) is 0 Å². The highest BCUT2D eigenvalue weighted by molar-refractivity contribution is 4.79. The van der Waals surface area contributed by atoms with Crippen molar-refractivity contribution in [3.63, 3.8) is 0 Å². The summed E-state index contributed by atoms with van der Waals surface area (Å²) in [5.74, 6) is 1.07. The molecule has 1 heteroatoms. The van der Waals surface area contributed by atoms with Gasteiger partial charge in [0.2, 0.25) is 0 Å². The second-order valence-electron chi connectivity index (χ2n) is 6.28. The summed E-state index contributed by atoms with van der Waals surface area (Å²) < 4.78 is 0. The highest BCUT2D eigenvalue weighted by Crippen LogP contribution is 2.34. The van der Waals surface area contributed by atoms with Crippen molar-refractivity contribution in [3.8, 4) is 0 Å². The molecule has 1 nitrogen and oxygen atoms in total. The SMILES string of the molecule is CCCCCCCCCCCC(CC1CC1)NC. The average molecular weight is 253 g/mol. The van der Waals surface area contributed by atoms with Gasteiger partial charge in [-0.15, -0.1) is 0 Å². The molecule has 0 saturated heterocycles. The van der Waals surface area contributed by atoms with Crippen LogP contribution in [-0.2, 0) is 0 Å². The topological polar surface area (TPSA) is 12.0 Å². The largest absolute Gasteiger partial charge is 0.317 e. The first-order chi connectivity index (χ1) is 8.86. The number of hydrogen-bond donors (Lipinski definition) is 1. The molecule has 1 N–H and O–H groups in total. The highest BCUT2D eigenvalue weighted by Gasteiger charge is 2.24.